The average Bonchev–Trinajstić information content (AvgIpc) is 3.10. The lowest BCUT2D eigenvalue weighted by molar-refractivity contribution is 0.221. The lowest BCUT2D eigenvalue weighted by Crippen LogP contribution is -2.32. The Labute approximate surface area is 119 Å². The number of rotatable bonds is 3. The van der Waals surface area contributed by atoms with Gasteiger partial charge in [-0.25, -0.2) is 9.97 Å². The maximum atomic E-state index is 5.69. The molecule has 0 saturated carbocycles. The number of nitrogens with two attached hydrogens (primary N) is 2. The molecule has 0 unspecified atom stereocenters. The van der Waals surface area contributed by atoms with Gasteiger partial charge >= 0.3 is 0 Å². The predicted molar refractivity (Wildman–Crippen MR) is 79.9 cm³/mol. The Morgan fingerprint density at radius 2 is 1.85 bits per heavy atom. The van der Waals surface area contributed by atoms with Gasteiger partial charge in [-0.15, -0.1) is 0 Å². The molecule has 1 saturated heterocycles. The molecule has 0 aliphatic carbocycles. The van der Waals surface area contributed by atoms with Crippen molar-refractivity contribution in [2.75, 3.05) is 31.1 Å². The van der Waals surface area contributed by atoms with Gasteiger partial charge in [-0.1, -0.05) is 6.42 Å². The number of hydrogen-bond acceptors (Lipinski definition) is 5. The molecule has 7 nitrogen and oxygen atoms in total. The van der Waals surface area contributed by atoms with E-state index in [1.54, 1.807) is 18.6 Å². The molecule has 1 aliphatic rings. The Bertz CT molecular complexity index is 471. The van der Waals surface area contributed by atoms with Gasteiger partial charge in [0.2, 0.25) is 0 Å². The zero-order valence-corrected chi connectivity index (χ0v) is 11.7. The summed E-state index contributed by atoms with van der Waals surface area (Å²) in [4.78, 5) is 12.8. The van der Waals surface area contributed by atoms with Crippen LogP contribution < -0.4 is 11.5 Å². The minimum atomic E-state index is 0.468. The van der Waals surface area contributed by atoms with E-state index in [-0.39, 0.29) is 0 Å². The fourth-order valence-corrected chi connectivity index (χ4v) is 2.24. The van der Waals surface area contributed by atoms with Crippen molar-refractivity contribution in [1.82, 2.24) is 24.4 Å². The van der Waals surface area contributed by atoms with Gasteiger partial charge in [0, 0.05) is 37.9 Å². The fourth-order valence-electron chi connectivity index (χ4n) is 2.24. The van der Waals surface area contributed by atoms with Crippen molar-refractivity contribution >= 4 is 11.9 Å². The predicted octanol–water partition coefficient (Wildman–Crippen LogP) is 0.943. The SMILES string of the molecule is Nc1ncc[nH]1.Nc1nccn1CCN1CCCCC1. The molecule has 0 radical (unpaired) electrons. The second kappa shape index (κ2) is 7.54. The van der Waals surface area contributed by atoms with Crippen molar-refractivity contribution in [3.8, 4) is 0 Å². The number of nitrogen functional groups attached to an aromatic ring is 2. The highest BCUT2D eigenvalue weighted by Crippen LogP contribution is 2.08. The highest BCUT2D eigenvalue weighted by Gasteiger charge is 2.09. The van der Waals surface area contributed by atoms with Crippen LogP contribution in [0.2, 0.25) is 0 Å². The molecule has 1 fully saturated rings. The Kier molecular flexibility index (Phi) is 5.43. The molecule has 0 spiro atoms. The number of H-pyrrole nitrogens is 1. The topological polar surface area (TPSA) is 102 Å². The van der Waals surface area contributed by atoms with E-state index >= 15 is 0 Å². The molecular weight excluding hydrogens is 254 g/mol. The molecule has 20 heavy (non-hydrogen) atoms. The quantitative estimate of drug-likeness (QED) is 0.775. The summed E-state index contributed by atoms with van der Waals surface area (Å²) in [6.07, 6.45) is 11.1. The second-order valence-corrected chi connectivity index (χ2v) is 4.86. The van der Waals surface area contributed by atoms with Crippen molar-refractivity contribution in [3.63, 3.8) is 0 Å². The molecule has 2 aromatic heterocycles. The second-order valence-electron chi connectivity index (χ2n) is 4.86. The van der Waals surface area contributed by atoms with Crippen LogP contribution in [-0.4, -0.2) is 44.1 Å². The van der Waals surface area contributed by atoms with Crippen LogP contribution in [0.1, 0.15) is 19.3 Å². The maximum absolute atomic E-state index is 5.69. The number of aromatic nitrogens is 4. The van der Waals surface area contributed by atoms with Crippen LogP contribution in [-0.2, 0) is 6.54 Å². The lowest BCUT2D eigenvalue weighted by atomic mass is 10.1. The van der Waals surface area contributed by atoms with Crippen LogP contribution in [0.5, 0.6) is 0 Å². The Hall–Kier alpha value is -2.02. The number of anilines is 2. The molecule has 0 aromatic carbocycles. The first-order valence-electron chi connectivity index (χ1n) is 6.99. The van der Waals surface area contributed by atoms with Crippen LogP contribution in [0, 0.1) is 0 Å². The number of aromatic amines is 1. The first kappa shape index (κ1) is 14.4. The fraction of sp³-hybridized carbons (Fsp3) is 0.538. The van der Waals surface area contributed by atoms with Crippen molar-refractivity contribution in [1.29, 1.82) is 0 Å². The third kappa shape index (κ3) is 4.58. The molecule has 3 rings (SSSR count). The molecule has 7 heteroatoms. The monoisotopic (exact) mass is 277 g/mol. The third-order valence-corrected chi connectivity index (χ3v) is 3.37. The van der Waals surface area contributed by atoms with E-state index < -0.39 is 0 Å². The zero-order valence-electron chi connectivity index (χ0n) is 11.7. The smallest absolute Gasteiger partial charge is 0.200 e. The number of nitrogens with zero attached hydrogens (tertiary/aromatic N) is 4. The molecule has 1 aliphatic heterocycles. The molecule has 5 N–H and O–H groups in total. The molecular formula is C13H23N7. The van der Waals surface area contributed by atoms with Crippen molar-refractivity contribution < 1.29 is 0 Å². The van der Waals surface area contributed by atoms with Gasteiger partial charge in [-0.2, -0.15) is 0 Å². The van der Waals surface area contributed by atoms with Gasteiger partial charge in [0.15, 0.2) is 11.9 Å². The molecule has 2 aromatic rings. The van der Waals surface area contributed by atoms with Gasteiger partial charge in [-0.3, -0.25) is 0 Å². The van der Waals surface area contributed by atoms with E-state index in [4.69, 9.17) is 11.5 Å². The molecule has 110 valence electrons. The molecule has 3 heterocycles. The van der Waals surface area contributed by atoms with Crippen LogP contribution in [0.25, 0.3) is 0 Å². The summed E-state index contributed by atoms with van der Waals surface area (Å²) >= 11 is 0. The minimum Gasteiger partial charge on any atom is -0.369 e. The highest BCUT2D eigenvalue weighted by molar-refractivity contribution is 5.16. The summed E-state index contributed by atoms with van der Waals surface area (Å²) in [5, 5.41) is 0. The number of piperidine rings is 1. The van der Waals surface area contributed by atoms with Crippen LogP contribution in [0.4, 0.5) is 11.9 Å². The summed E-state index contributed by atoms with van der Waals surface area (Å²) < 4.78 is 2.01. The third-order valence-electron chi connectivity index (χ3n) is 3.37. The van der Waals surface area contributed by atoms with Crippen LogP contribution >= 0.6 is 0 Å². The van der Waals surface area contributed by atoms with Crippen LogP contribution in [0.15, 0.2) is 24.8 Å². The van der Waals surface area contributed by atoms with Gasteiger partial charge in [0.25, 0.3) is 0 Å². The van der Waals surface area contributed by atoms with Gasteiger partial charge in [0.05, 0.1) is 0 Å². The van der Waals surface area contributed by atoms with E-state index in [2.05, 4.69) is 19.9 Å². The maximum Gasteiger partial charge on any atom is 0.200 e. The van der Waals surface area contributed by atoms with Gasteiger partial charge in [-0.05, 0) is 25.9 Å². The van der Waals surface area contributed by atoms with Crippen LogP contribution in [0.3, 0.4) is 0 Å². The van der Waals surface area contributed by atoms with E-state index in [0.29, 0.717) is 11.9 Å². The Balaban J connectivity index is 0.000000205. The summed E-state index contributed by atoms with van der Waals surface area (Å²) in [7, 11) is 0. The molecule has 0 bridgehead atoms. The van der Waals surface area contributed by atoms with Crippen molar-refractivity contribution in [3.05, 3.63) is 24.8 Å². The highest BCUT2D eigenvalue weighted by atomic mass is 15.2. The first-order chi connectivity index (χ1) is 9.75. The van der Waals surface area contributed by atoms with Gasteiger partial charge in [0.1, 0.15) is 0 Å². The summed E-state index contributed by atoms with van der Waals surface area (Å²) in [5.41, 5.74) is 10.8. The zero-order chi connectivity index (χ0) is 14.2. The van der Waals surface area contributed by atoms with Crippen molar-refractivity contribution in [2.45, 2.75) is 25.8 Å². The van der Waals surface area contributed by atoms with Crippen molar-refractivity contribution in [2.24, 2.45) is 0 Å². The number of imidazole rings is 2. The lowest BCUT2D eigenvalue weighted by Gasteiger charge is -2.26. The minimum absolute atomic E-state index is 0.468. The Morgan fingerprint density at radius 3 is 2.35 bits per heavy atom. The molecule has 0 atom stereocenters. The number of hydrogen-bond donors (Lipinski definition) is 3. The number of likely N-dealkylation sites (tertiary alicyclic amines) is 1. The molecule has 0 amide bonds. The van der Waals surface area contributed by atoms with E-state index in [0.717, 1.165) is 13.1 Å². The standard InChI is InChI=1S/C10H18N4.C3H5N3/c11-10-12-4-7-14(10)9-8-13-5-2-1-3-6-13;4-3-5-1-2-6-3/h4,7H,1-3,5-6,8-9H2,(H2,11,12);1-2H,(H3,4,5,6). The normalized spacial score (nSPS) is 15.6. The summed E-state index contributed by atoms with van der Waals surface area (Å²) in [6.45, 7) is 4.55. The number of nitrogens with one attached hydrogen (secondary N) is 1. The Morgan fingerprint density at radius 1 is 1.05 bits per heavy atom. The van der Waals surface area contributed by atoms with E-state index in [1.807, 2.05) is 10.8 Å². The van der Waals surface area contributed by atoms with Gasteiger partial charge < -0.3 is 25.9 Å². The summed E-state index contributed by atoms with van der Waals surface area (Å²) in [6, 6.07) is 0. The van der Waals surface area contributed by atoms with E-state index in [1.165, 1.54) is 32.4 Å². The average molecular weight is 277 g/mol. The van der Waals surface area contributed by atoms with E-state index in [9.17, 15) is 0 Å². The largest absolute Gasteiger partial charge is 0.369 e. The first-order valence-corrected chi connectivity index (χ1v) is 6.99. The summed E-state index contributed by atoms with van der Waals surface area (Å²) in [5.74, 6) is 1.09.